The Morgan fingerprint density at radius 3 is 2.30 bits per heavy atom. The van der Waals surface area contributed by atoms with E-state index in [1.54, 1.807) is 20.5 Å². The van der Waals surface area contributed by atoms with E-state index in [1.807, 2.05) is 19.2 Å². The molecule has 0 fully saturated rings. The number of nitrogens with one attached hydrogen (secondary N) is 1. The Morgan fingerprint density at radius 2 is 1.65 bits per heavy atom. The smallest absolute Gasteiger partial charge is 0.162 e. The summed E-state index contributed by atoms with van der Waals surface area (Å²) < 4.78 is 10.7. The summed E-state index contributed by atoms with van der Waals surface area (Å²) in [7, 11) is 5.16. The van der Waals surface area contributed by atoms with Crippen LogP contribution in [0, 0.1) is 0 Å². The van der Waals surface area contributed by atoms with Crippen LogP contribution in [0.3, 0.4) is 0 Å². The number of rotatable bonds is 5. The number of benzene rings is 2. The molecule has 3 rings (SSSR count). The van der Waals surface area contributed by atoms with Crippen LogP contribution < -0.4 is 14.8 Å². The minimum atomic E-state index is 0.669. The molecular formula is C18H19N3O2. The zero-order valence-electron chi connectivity index (χ0n) is 13.5. The highest BCUT2D eigenvalue weighted by atomic mass is 16.5. The second-order valence-corrected chi connectivity index (χ2v) is 5.17. The van der Waals surface area contributed by atoms with Crippen molar-refractivity contribution in [2.24, 2.45) is 0 Å². The minimum absolute atomic E-state index is 0.669. The van der Waals surface area contributed by atoms with Crippen LogP contribution in [0.1, 0.15) is 11.3 Å². The van der Waals surface area contributed by atoms with Crippen molar-refractivity contribution in [1.82, 2.24) is 9.97 Å². The maximum absolute atomic E-state index is 5.39. The summed E-state index contributed by atoms with van der Waals surface area (Å²) in [5.74, 6) is 1.35. The standard InChI is InChI=1S/C18H19N3O2/c1-19-13-6-4-12(5-7-13)8-15-14-9-17(22-2)18(23-3)10-16(14)21-11-20-15/h4-7,9-11,19H,8H2,1-3H3. The van der Waals surface area contributed by atoms with Crippen molar-refractivity contribution >= 4 is 16.6 Å². The predicted octanol–water partition coefficient (Wildman–Crippen LogP) is 3.28. The van der Waals surface area contributed by atoms with Gasteiger partial charge in [-0.2, -0.15) is 0 Å². The van der Waals surface area contributed by atoms with Gasteiger partial charge in [-0.15, -0.1) is 0 Å². The summed E-state index contributed by atoms with van der Waals surface area (Å²) in [6, 6.07) is 12.1. The van der Waals surface area contributed by atoms with E-state index in [0.717, 1.165) is 28.7 Å². The molecule has 0 radical (unpaired) electrons. The molecule has 5 nitrogen and oxygen atoms in total. The van der Waals surface area contributed by atoms with E-state index in [2.05, 4.69) is 39.6 Å². The quantitative estimate of drug-likeness (QED) is 0.784. The fourth-order valence-electron chi connectivity index (χ4n) is 2.56. The van der Waals surface area contributed by atoms with Crippen molar-refractivity contribution in [3.05, 3.63) is 54.0 Å². The predicted molar refractivity (Wildman–Crippen MR) is 91.4 cm³/mol. The minimum Gasteiger partial charge on any atom is -0.493 e. The first-order chi connectivity index (χ1) is 11.2. The second kappa shape index (κ2) is 6.52. The molecule has 3 aromatic rings. The summed E-state index contributed by atoms with van der Waals surface area (Å²) in [5, 5.41) is 4.09. The van der Waals surface area contributed by atoms with Crippen LogP contribution in [0.2, 0.25) is 0 Å². The third-order valence-electron chi connectivity index (χ3n) is 3.84. The lowest BCUT2D eigenvalue weighted by atomic mass is 10.0. The average Bonchev–Trinajstić information content (AvgIpc) is 2.61. The molecule has 23 heavy (non-hydrogen) atoms. The molecule has 1 heterocycles. The van der Waals surface area contributed by atoms with Crippen LogP contribution in [0.25, 0.3) is 10.9 Å². The third kappa shape index (κ3) is 3.04. The highest BCUT2D eigenvalue weighted by molar-refractivity contribution is 5.84. The van der Waals surface area contributed by atoms with Crippen LogP contribution in [-0.2, 0) is 6.42 Å². The van der Waals surface area contributed by atoms with E-state index in [0.29, 0.717) is 11.5 Å². The van der Waals surface area contributed by atoms with E-state index in [1.165, 1.54) is 5.56 Å². The molecule has 0 aliphatic rings. The summed E-state index contributed by atoms with van der Waals surface area (Å²) >= 11 is 0. The molecule has 0 amide bonds. The third-order valence-corrected chi connectivity index (χ3v) is 3.84. The molecule has 0 saturated carbocycles. The maximum Gasteiger partial charge on any atom is 0.162 e. The largest absolute Gasteiger partial charge is 0.493 e. The van der Waals surface area contributed by atoms with Gasteiger partial charge in [-0.3, -0.25) is 0 Å². The van der Waals surface area contributed by atoms with Gasteiger partial charge in [0.2, 0.25) is 0 Å². The van der Waals surface area contributed by atoms with Crippen molar-refractivity contribution in [2.75, 3.05) is 26.6 Å². The Balaban J connectivity index is 2.02. The van der Waals surface area contributed by atoms with Gasteiger partial charge in [-0.25, -0.2) is 9.97 Å². The molecule has 0 saturated heterocycles. The summed E-state index contributed by atoms with van der Waals surface area (Å²) in [4.78, 5) is 8.79. The molecule has 0 unspecified atom stereocenters. The average molecular weight is 309 g/mol. The Labute approximate surface area is 135 Å². The van der Waals surface area contributed by atoms with E-state index in [-0.39, 0.29) is 0 Å². The number of ether oxygens (including phenoxy) is 2. The van der Waals surface area contributed by atoms with E-state index in [4.69, 9.17) is 9.47 Å². The van der Waals surface area contributed by atoms with Crippen molar-refractivity contribution < 1.29 is 9.47 Å². The Hall–Kier alpha value is -2.82. The van der Waals surface area contributed by atoms with Gasteiger partial charge in [0.1, 0.15) is 6.33 Å². The van der Waals surface area contributed by atoms with Gasteiger partial charge in [-0.05, 0) is 23.8 Å². The summed E-state index contributed by atoms with van der Waals surface area (Å²) in [6.07, 6.45) is 2.32. The molecule has 5 heteroatoms. The van der Waals surface area contributed by atoms with Gasteiger partial charge in [0.05, 0.1) is 25.4 Å². The van der Waals surface area contributed by atoms with Gasteiger partial charge < -0.3 is 14.8 Å². The van der Waals surface area contributed by atoms with Crippen molar-refractivity contribution in [1.29, 1.82) is 0 Å². The van der Waals surface area contributed by atoms with Crippen molar-refractivity contribution in [2.45, 2.75) is 6.42 Å². The first kappa shape index (κ1) is 15.1. The number of aromatic nitrogens is 2. The second-order valence-electron chi connectivity index (χ2n) is 5.17. The number of hydrogen-bond donors (Lipinski definition) is 1. The van der Waals surface area contributed by atoms with Gasteiger partial charge >= 0.3 is 0 Å². The van der Waals surface area contributed by atoms with Crippen LogP contribution in [0.5, 0.6) is 11.5 Å². The fraction of sp³-hybridized carbons (Fsp3) is 0.222. The molecule has 1 N–H and O–H groups in total. The topological polar surface area (TPSA) is 56.3 Å². The van der Waals surface area contributed by atoms with Crippen LogP contribution in [0.15, 0.2) is 42.7 Å². The van der Waals surface area contributed by atoms with Gasteiger partial charge in [-0.1, -0.05) is 12.1 Å². The number of nitrogens with zero attached hydrogens (tertiary/aromatic N) is 2. The van der Waals surface area contributed by atoms with Crippen LogP contribution in [-0.4, -0.2) is 31.2 Å². The summed E-state index contributed by atoms with van der Waals surface area (Å²) in [6.45, 7) is 0. The van der Waals surface area contributed by atoms with E-state index < -0.39 is 0 Å². The molecule has 0 atom stereocenters. The first-order valence-corrected chi connectivity index (χ1v) is 7.37. The SMILES string of the molecule is CNc1ccc(Cc2ncnc3cc(OC)c(OC)cc23)cc1. The molecule has 2 aromatic carbocycles. The van der Waals surface area contributed by atoms with Crippen molar-refractivity contribution in [3.8, 4) is 11.5 Å². The Kier molecular flexibility index (Phi) is 4.28. The normalized spacial score (nSPS) is 10.6. The molecule has 0 aliphatic carbocycles. The van der Waals surface area contributed by atoms with Crippen molar-refractivity contribution in [3.63, 3.8) is 0 Å². The molecule has 118 valence electrons. The lowest BCUT2D eigenvalue weighted by Crippen LogP contribution is -1.98. The monoisotopic (exact) mass is 309 g/mol. The number of methoxy groups -OCH3 is 2. The van der Waals surface area contributed by atoms with Gasteiger partial charge in [0.25, 0.3) is 0 Å². The van der Waals surface area contributed by atoms with Crippen LogP contribution >= 0.6 is 0 Å². The number of fused-ring (bicyclic) bond motifs is 1. The lowest BCUT2D eigenvalue weighted by Gasteiger charge is -2.11. The molecular weight excluding hydrogens is 290 g/mol. The lowest BCUT2D eigenvalue weighted by molar-refractivity contribution is 0.355. The zero-order valence-corrected chi connectivity index (χ0v) is 13.5. The molecule has 0 spiro atoms. The van der Waals surface area contributed by atoms with Crippen LogP contribution in [0.4, 0.5) is 5.69 Å². The molecule has 0 aliphatic heterocycles. The van der Waals surface area contributed by atoms with E-state index >= 15 is 0 Å². The Bertz CT molecular complexity index is 816. The van der Waals surface area contributed by atoms with E-state index in [9.17, 15) is 0 Å². The zero-order chi connectivity index (χ0) is 16.2. The number of hydrogen-bond acceptors (Lipinski definition) is 5. The Morgan fingerprint density at radius 1 is 0.957 bits per heavy atom. The van der Waals surface area contributed by atoms with Gasteiger partial charge in [0.15, 0.2) is 11.5 Å². The molecule has 0 bridgehead atoms. The maximum atomic E-state index is 5.39. The number of anilines is 1. The fourth-order valence-corrected chi connectivity index (χ4v) is 2.56. The highest BCUT2D eigenvalue weighted by Crippen LogP contribution is 2.32. The first-order valence-electron chi connectivity index (χ1n) is 7.37. The molecule has 1 aromatic heterocycles. The highest BCUT2D eigenvalue weighted by Gasteiger charge is 2.11. The van der Waals surface area contributed by atoms with Gasteiger partial charge in [0, 0.05) is 30.6 Å². The summed E-state index contributed by atoms with van der Waals surface area (Å²) in [5.41, 5.74) is 4.10.